The summed E-state index contributed by atoms with van der Waals surface area (Å²) in [6.45, 7) is 2.09. The maximum atomic E-state index is 13.2. The topological polar surface area (TPSA) is 66.8 Å². The lowest BCUT2D eigenvalue weighted by Crippen LogP contribution is -2.28. The predicted molar refractivity (Wildman–Crippen MR) is 136 cm³/mol. The smallest absolute Gasteiger partial charge is 0.335 e. The highest BCUT2D eigenvalue weighted by molar-refractivity contribution is 8.27. The van der Waals surface area contributed by atoms with Crippen LogP contribution in [0.25, 0.3) is 6.08 Å². The first-order chi connectivity index (χ1) is 15.8. The second kappa shape index (κ2) is 9.79. The number of carboxylic acids is 1. The molecule has 0 aliphatic carbocycles. The van der Waals surface area contributed by atoms with E-state index in [1.807, 2.05) is 42.5 Å². The van der Waals surface area contributed by atoms with Crippen molar-refractivity contribution < 1.29 is 19.4 Å². The van der Waals surface area contributed by atoms with E-state index in [-0.39, 0.29) is 18.1 Å². The Bertz CT molecular complexity index is 1310. The van der Waals surface area contributed by atoms with Crippen LogP contribution in [0.4, 0.5) is 5.69 Å². The number of nitrogens with zero attached hydrogens (tertiary/aromatic N) is 1. The van der Waals surface area contributed by atoms with Gasteiger partial charge in [-0.3, -0.25) is 9.69 Å². The molecule has 166 valence electrons. The van der Waals surface area contributed by atoms with Gasteiger partial charge in [-0.25, -0.2) is 4.79 Å². The molecule has 4 rings (SSSR count). The molecule has 0 bridgehead atoms. The number of carbonyl (C=O) groups is 2. The Labute approximate surface area is 205 Å². The predicted octanol–water partition coefficient (Wildman–Crippen LogP) is 6.33. The molecule has 0 radical (unpaired) electrons. The van der Waals surface area contributed by atoms with E-state index in [2.05, 4.69) is 0 Å². The standard InChI is InChI=1S/C25H18ClNO4S2/c1-15-10-11-17(24(29)30)12-20(15)27-23(28)22(33-25(27)32)13-16-6-3-5-9-21(16)31-14-18-7-2-4-8-19(18)26/h2-13H,14H2,1H3,(H,29,30). The molecule has 1 fully saturated rings. The number of ether oxygens (including phenoxy) is 1. The van der Waals surface area contributed by atoms with Gasteiger partial charge in [0.05, 0.1) is 16.2 Å². The monoisotopic (exact) mass is 495 g/mol. The molecule has 33 heavy (non-hydrogen) atoms. The van der Waals surface area contributed by atoms with E-state index in [0.717, 1.165) is 28.5 Å². The lowest BCUT2D eigenvalue weighted by atomic mass is 10.1. The number of hydrogen-bond acceptors (Lipinski definition) is 5. The number of thiocarbonyl (C=S) groups is 1. The highest BCUT2D eigenvalue weighted by atomic mass is 35.5. The summed E-state index contributed by atoms with van der Waals surface area (Å²) >= 11 is 12.8. The molecular weight excluding hydrogens is 478 g/mol. The van der Waals surface area contributed by atoms with Gasteiger partial charge in [-0.15, -0.1) is 0 Å². The van der Waals surface area contributed by atoms with Crippen molar-refractivity contribution in [1.29, 1.82) is 0 Å². The molecule has 5 nitrogen and oxygen atoms in total. The molecule has 0 spiro atoms. The van der Waals surface area contributed by atoms with Crippen LogP contribution in [0.2, 0.25) is 5.02 Å². The summed E-state index contributed by atoms with van der Waals surface area (Å²) in [7, 11) is 0. The fourth-order valence-electron chi connectivity index (χ4n) is 3.30. The van der Waals surface area contributed by atoms with E-state index in [9.17, 15) is 14.7 Å². The van der Waals surface area contributed by atoms with Gasteiger partial charge in [0.25, 0.3) is 5.91 Å². The van der Waals surface area contributed by atoms with Gasteiger partial charge >= 0.3 is 5.97 Å². The lowest BCUT2D eigenvalue weighted by molar-refractivity contribution is -0.113. The van der Waals surface area contributed by atoms with Crippen LogP contribution < -0.4 is 9.64 Å². The minimum Gasteiger partial charge on any atom is -0.488 e. The minimum atomic E-state index is -1.07. The van der Waals surface area contributed by atoms with Crippen LogP contribution in [0.15, 0.2) is 71.6 Å². The summed E-state index contributed by atoms with van der Waals surface area (Å²) in [5.74, 6) is -0.773. The average molecular weight is 496 g/mol. The second-order valence-electron chi connectivity index (χ2n) is 7.24. The number of para-hydroxylation sites is 1. The van der Waals surface area contributed by atoms with Crippen LogP contribution in [-0.2, 0) is 11.4 Å². The number of benzene rings is 3. The lowest BCUT2D eigenvalue weighted by Gasteiger charge is -2.17. The van der Waals surface area contributed by atoms with Gasteiger partial charge in [0.1, 0.15) is 12.4 Å². The number of anilines is 1. The Morgan fingerprint density at radius 2 is 1.88 bits per heavy atom. The normalized spacial score (nSPS) is 14.7. The number of amides is 1. The van der Waals surface area contributed by atoms with Crippen molar-refractivity contribution in [3.8, 4) is 5.75 Å². The molecule has 1 saturated heterocycles. The third-order valence-corrected chi connectivity index (χ3v) is 6.71. The average Bonchev–Trinajstić information content (AvgIpc) is 3.07. The number of carboxylic acid groups (broad SMARTS) is 1. The van der Waals surface area contributed by atoms with Crippen molar-refractivity contribution in [3.05, 3.63) is 98.9 Å². The summed E-state index contributed by atoms with van der Waals surface area (Å²) in [5.41, 5.74) is 2.88. The molecule has 0 saturated carbocycles. The van der Waals surface area contributed by atoms with Crippen molar-refractivity contribution in [2.45, 2.75) is 13.5 Å². The fraction of sp³-hybridized carbons (Fsp3) is 0.0800. The molecule has 0 aromatic heterocycles. The van der Waals surface area contributed by atoms with Gasteiger partial charge in [-0.05, 0) is 42.8 Å². The van der Waals surface area contributed by atoms with Gasteiger partial charge in [-0.2, -0.15) is 0 Å². The number of hydrogen-bond donors (Lipinski definition) is 1. The first kappa shape index (κ1) is 23.0. The zero-order valence-electron chi connectivity index (χ0n) is 17.4. The number of aromatic carboxylic acids is 1. The van der Waals surface area contributed by atoms with E-state index >= 15 is 0 Å². The van der Waals surface area contributed by atoms with Crippen molar-refractivity contribution in [1.82, 2.24) is 0 Å². The molecule has 0 atom stereocenters. The first-order valence-electron chi connectivity index (χ1n) is 9.92. The summed E-state index contributed by atoms with van der Waals surface area (Å²) in [6, 6.07) is 19.5. The number of thioether (sulfide) groups is 1. The van der Waals surface area contributed by atoms with E-state index < -0.39 is 5.97 Å². The Hall–Kier alpha value is -3.13. The Morgan fingerprint density at radius 1 is 1.15 bits per heavy atom. The molecule has 1 aliphatic heterocycles. The molecule has 1 N–H and O–H groups in total. The van der Waals surface area contributed by atoms with Crippen LogP contribution in [0.5, 0.6) is 5.75 Å². The highest BCUT2D eigenvalue weighted by Gasteiger charge is 2.34. The maximum Gasteiger partial charge on any atom is 0.335 e. The van der Waals surface area contributed by atoms with E-state index in [1.165, 1.54) is 17.0 Å². The minimum absolute atomic E-state index is 0.0898. The molecule has 8 heteroatoms. The molecular formula is C25H18ClNO4S2. The van der Waals surface area contributed by atoms with Crippen molar-refractivity contribution >= 4 is 63.5 Å². The Balaban J connectivity index is 1.62. The Morgan fingerprint density at radius 3 is 2.64 bits per heavy atom. The van der Waals surface area contributed by atoms with Crippen LogP contribution in [0.1, 0.15) is 27.0 Å². The Kier molecular flexibility index (Phi) is 6.83. The molecule has 3 aromatic rings. The maximum absolute atomic E-state index is 13.2. The van der Waals surface area contributed by atoms with Crippen LogP contribution in [-0.4, -0.2) is 21.3 Å². The van der Waals surface area contributed by atoms with Crippen molar-refractivity contribution in [3.63, 3.8) is 0 Å². The molecule has 1 amide bonds. The molecule has 0 unspecified atom stereocenters. The summed E-state index contributed by atoms with van der Waals surface area (Å²) in [5, 5.41) is 9.95. The first-order valence-corrected chi connectivity index (χ1v) is 11.5. The van der Waals surface area contributed by atoms with Gasteiger partial charge < -0.3 is 9.84 Å². The van der Waals surface area contributed by atoms with E-state index in [4.69, 9.17) is 28.6 Å². The zero-order valence-corrected chi connectivity index (χ0v) is 19.8. The zero-order chi connectivity index (χ0) is 23.5. The van der Waals surface area contributed by atoms with E-state index in [0.29, 0.717) is 25.7 Å². The third-order valence-electron chi connectivity index (χ3n) is 5.04. The second-order valence-corrected chi connectivity index (χ2v) is 9.32. The fourth-order valence-corrected chi connectivity index (χ4v) is 4.77. The van der Waals surface area contributed by atoms with Crippen molar-refractivity contribution in [2.24, 2.45) is 0 Å². The van der Waals surface area contributed by atoms with Crippen LogP contribution >= 0.6 is 35.6 Å². The highest BCUT2D eigenvalue weighted by Crippen LogP contribution is 2.38. The van der Waals surface area contributed by atoms with Crippen LogP contribution in [0, 0.1) is 6.92 Å². The summed E-state index contributed by atoms with van der Waals surface area (Å²) in [6.07, 6.45) is 1.73. The number of carbonyl (C=O) groups excluding carboxylic acids is 1. The number of rotatable bonds is 6. The quantitative estimate of drug-likeness (QED) is 0.318. The van der Waals surface area contributed by atoms with Gasteiger partial charge in [0.2, 0.25) is 0 Å². The van der Waals surface area contributed by atoms with Crippen LogP contribution in [0.3, 0.4) is 0 Å². The summed E-state index contributed by atoms with van der Waals surface area (Å²) in [4.78, 5) is 26.4. The number of halogens is 1. The summed E-state index contributed by atoms with van der Waals surface area (Å²) < 4.78 is 6.33. The largest absolute Gasteiger partial charge is 0.488 e. The van der Waals surface area contributed by atoms with Crippen molar-refractivity contribution in [2.75, 3.05) is 4.90 Å². The molecule has 1 aliphatic rings. The third kappa shape index (κ3) is 4.95. The molecule has 3 aromatic carbocycles. The van der Waals surface area contributed by atoms with Gasteiger partial charge in [0.15, 0.2) is 4.32 Å². The molecule has 1 heterocycles. The SMILES string of the molecule is Cc1ccc(C(=O)O)cc1N1C(=O)C(=Cc2ccccc2OCc2ccccc2Cl)SC1=S. The van der Waals surface area contributed by atoms with Gasteiger partial charge in [0, 0.05) is 16.1 Å². The number of aryl methyl sites for hydroxylation is 1. The van der Waals surface area contributed by atoms with E-state index in [1.54, 1.807) is 25.1 Å². The van der Waals surface area contributed by atoms with Gasteiger partial charge in [-0.1, -0.05) is 78.0 Å².